The lowest BCUT2D eigenvalue weighted by atomic mass is 9.54. The number of nitrogens with one attached hydrogen (secondary N) is 1. The van der Waals surface area contributed by atoms with Crippen LogP contribution in [0.3, 0.4) is 0 Å². The fourth-order valence-electron chi connectivity index (χ4n) is 5.72. The zero-order valence-corrected chi connectivity index (χ0v) is 20.6. The van der Waals surface area contributed by atoms with Crippen molar-refractivity contribution >= 4 is 30.2 Å². The molecule has 1 heterocycles. The molecule has 1 unspecified atom stereocenters. The molecule has 2 aliphatic carbocycles. The van der Waals surface area contributed by atoms with Crippen LogP contribution >= 0.6 is 11.8 Å². The van der Waals surface area contributed by atoms with Crippen LogP contribution in [-0.2, 0) is 28.4 Å². The Labute approximate surface area is 209 Å². The van der Waals surface area contributed by atoms with Gasteiger partial charge in [-0.1, -0.05) is 24.6 Å². The van der Waals surface area contributed by atoms with E-state index in [-0.39, 0.29) is 18.1 Å². The summed E-state index contributed by atoms with van der Waals surface area (Å²) in [5.41, 5.74) is 3.67. The molecule has 2 saturated carbocycles. The normalized spacial score (nSPS) is 19.2. The summed E-state index contributed by atoms with van der Waals surface area (Å²) in [5, 5.41) is 3.57. The van der Waals surface area contributed by atoms with E-state index >= 15 is 0 Å². The van der Waals surface area contributed by atoms with E-state index in [0.29, 0.717) is 47.8 Å². The maximum atomic E-state index is 14.9. The molecule has 0 aromatic heterocycles. The van der Waals surface area contributed by atoms with Crippen LogP contribution in [0.1, 0.15) is 72.0 Å². The molecule has 2 aromatic rings. The van der Waals surface area contributed by atoms with E-state index in [9.17, 15) is 18.8 Å². The van der Waals surface area contributed by atoms with E-state index < -0.39 is 6.04 Å². The Bertz CT molecular complexity index is 1130. The first kappa shape index (κ1) is 24.2. The molecule has 2 fully saturated rings. The molecule has 0 saturated heterocycles. The third kappa shape index (κ3) is 4.94. The third-order valence-corrected chi connectivity index (χ3v) is 9.11. The first-order valence-corrected chi connectivity index (χ1v) is 13.5. The minimum absolute atomic E-state index is 0.192. The topological polar surface area (TPSA) is 66.5 Å². The molecule has 5 rings (SSSR count). The van der Waals surface area contributed by atoms with Crippen molar-refractivity contribution < 1.29 is 18.8 Å². The van der Waals surface area contributed by atoms with Crippen LogP contribution in [0.5, 0.6) is 0 Å². The number of amides is 1. The summed E-state index contributed by atoms with van der Waals surface area (Å²) >= 11 is 1.50. The fourth-order valence-corrected chi connectivity index (χ4v) is 6.78. The van der Waals surface area contributed by atoms with Gasteiger partial charge in [0.25, 0.3) is 5.91 Å². The summed E-state index contributed by atoms with van der Waals surface area (Å²) in [6, 6.07) is 10.9. The Kier molecular flexibility index (Phi) is 7.07. The van der Waals surface area contributed by atoms with Crippen LogP contribution in [0.25, 0.3) is 0 Å². The number of halogens is 1. The van der Waals surface area contributed by atoms with Gasteiger partial charge in [0.05, 0.1) is 6.04 Å². The number of benzene rings is 2. The van der Waals surface area contributed by atoms with Gasteiger partial charge in [-0.05, 0) is 72.4 Å². The highest BCUT2D eigenvalue weighted by atomic mass is 32.2. The maximum Gasteiger partial charge on any atom is 0.255 e. The quantitative estimate of drug-likeness (QED) is 0.350. The predicted octanol–water partition coefficient (Wildman–Crippen LogP) is 5.04. The van der Waals surface area contributed by atoms with E-state index in [1.54, 1.807) is 12.1 Å². The largest absolute Gasteiger partial charge is 0.324 e. The van der Waals surface area contributed by atoms with E-state index in [1.807, 2.05) is 24.3 Å². The second-order valence-electron chi connectivity index (χ2n) is 10.2. The van der Waals surface area contributed by atoms with Gasteiger partial charge in [0.15, 0.2) is 0 Å². The Morgan fingerprint density at radius 2 is 2.03 bits per heavy atom. The average molecular weight is 495 g/mol. The first-order chi connectivity index (χ1) is 17.0. The molecule has 0 radical (unpaired) electrons. The Hall–Kier alpha value is -2.51. The van der Waals surface area contributed by atoms with Gasteiger partial charge in [0, 0.05) is 41.8 Å². The predicted molar refractivity (Wildman–Crippen MR) is 134 cm³/mol. The maximum absolute atomic E-state index is 14.9. The SMILES string of the molecule is O=CCCC(C=O)N1Cc2c(SCc3ccc(CNC4CC5(CCC5)C4)cc3F)cccc2C1=O. The second-order valence-corrected chi connectivity index (χ2v) is 11.2. The lowest BCUT2D eigenvalue weighted by molar-refractivity contribution is -0.112. The second kappa shape index (κ2) is 10.2. The number of nitrogens with zero attached hydrogens (tertiary/aromatic N) is 1. The molecule has 7 heteroatoms. The summed E-state index contributed by atoms with van der Waals surface area (Å²) in [6.07, 6.45) is 8.70. The van der Waals surface area contributed by atoms with E-state index in [0.717, 1.165) is 28.6 Å². The van der Waals surface area contributed by atoms with Crippen molar-refractivity contribution in [2.45, 2.75) is 80.8 Å². The summed E-state index contributed by atoms with van der Waals surface area (Å²) < 4.78 is 14.9. The van der Waals surface area contributed by atoms with Crippen LogP contribution in [0.15, 0.2) is 41.3 Å². The Balaban J connectivity index is 1.19. The van der Waals surface area contributed by atoms with E-state index in [1.165, 1.54) is 48.8 Å². The first-order valence-electron chi connectivity index (χ1n) is 12.5. The highest BCUT2D eigenvalue weighted by Gasteiger charge is 2.47. The van der Waals surface area contributed by atoms with Gasteiger partial charge in [0.2, 0.25) is 0 Å². The Morgan fingerprint density at radius 3 is 2.71 bits per heavy atom. The van der Waals surface area contributed by atoms with Crippen LogP contribution in [-0.4, -0.2) is 35.5 Å². The number of hydrogen-bond acceptors (Lipinski definition) is 5. The standard InChI is InChI=1S/C28H31FN2O3S/c29-25-12-19(15-30-21-13-28(14-21)9-3-10-28)7-8-20(25)18-35-26-6-1-5-23-24(26)16-31(27(23)34)22(17-33)4-2-11-32/h1,5-8,11-12,17,21-22,30H,2-4,9-10,13-16,18H2. The summed E-state index contributed by atoms with van der Waals surface area (Å²) in [6.45, 7) is 1.02. The van der Waals surface area contributed by atoms with Crippen LogP contribution in [0, 0.1) is 11.2 Å². The van der Waals surface area contributed by atoms with Crippen molar-refractivity contribution in [1.29, 1.82) is 0 Å². The molecule has 2 aromatic carbocycles. The van der Waals surface area contributed by atoms with Crippen LogP contribution in [0.2, 0.25) is 0 Å². The molecule has 35 heavy (non-hydrogen) atoms. The van der Waals surface area contributed by atoms with Gasteiger partial charge < -0.3 is 19.8 Å². The van der Waals surface area contributed by atoms with E-state index in [2.05, 4.69) is 5.32 Å². The molecule has 3 aliphatic rings. The Morgan fingerprint density at radius 1 is 1.20 bits per heavy atom. The number of carbonyl (C=O) groups excluding carboxylic acids is 3. The van der Waals surface area contributed by atoms with Gasteiger partial charge >= 0.3 is 0 Å². The summed E-state index contributed by atoms with van der Waals surface area (Å²) in [4.78, 5) is 37.6. The molecule has 5 nitrogen and oxygen atoms in total. The van der Waals surface area contributed by atoms with Gasteiger partial charge in [-0.25, -0.2) is 4.39 Å². The number of carbonyl (C=O) groups is 3. The molecule has 1 atom stereocenters. The smallest absolute Gasteiger partial charge is 0.255 e. The molecular weight excluding hydrogens is 463 g/mol. The summed E-state index contributed by atoms with van der Waals surface area (Å²) in [7, 11) is 0. The van der Waals surface area contributed by atoms with Crippen molar-refractivity contribution in [1.82, 2.24) is 10.2 Å². The van der Waals surface area contributed by atoms with Crippen molar-refractivity contribution in [3.05, 3.63) is 64.5 Å². The number of thioether (sulfide) groups is 1. The molecule has 1 N–H and O–H groups in total. The lowest BCUT2D eigenvalue weighted by Crippen LogP contribution is -2.51. The van der Waals surface area contributed by atoms with Crippen molar-refractivity contribution in [3.63, 3.8) is 0 Å². The zero-order valence-electron chi connectivity index (χ0n) is 19.8. The molecule has 0 bridgehead atoms. The molecule has 1 aliphatic heterocycles. The van der Waals surface area contributed by atoms with Crippen molar-refractivity contribution in [2.24, 2.45) is 5.41 Å². The molecule has 1 amide bonds. The highest BCUT2D eigenvalue weighted by Crippen LogP contribution is 2.55. The fraction of sp³-hybridized carbons (Fsp3) is 0.464. The number of hydrogen-bond donors (Lipinski definition) is 1. The minimum atomic E-state index is -0.615. The van der Waals surface area contributed by atoms with Crippen LogP contribution < -0.4 is 5.32 Å². The summed E-state index contributed by atoms with van der Waals surface area (Å²) in [5.74, 6) is 0.0571. The van der Waals surface area contributed by atoms with Crippen LogP contribution in [0.4, 0.5) is 4.39 Å². The average Bonchev–Trinajstić information content (AvgIpc) is 3.14. The number of fused-ring (bicyclic) bond motifs is 1. The third-order valence-electron chi connectivity index (χ3n) is 7.96. The molecule has 184 valence electrons. The number of rotatable bonds is 11. The van der Waals surface area contributed by atoms with Gasteiger partial charge in [-0.3, -0.25) is 4.79 Å². The lowest BCUT2D eigenvalue weighted by Gasteiger charge is -2.54. The van der Waals surface area contributed by atoms with E-state index in [4.69, 9.17) is 0 Å². The molecule has 1 spiro atoms. The minimum Gasteiger partial charge on any atom is -0.324 e. The van der Waals surface area contributed by atoms with Crippen molar-refractivity contribution in [2.75, 3.05) is 0 Å². The monoisotopic (exact) mass is 494 g/mol. The highest BCUT2D eigenvalue weighted by molar-refractivity contribution is 7.98. The zero-order chi connectivity index (χ0) is 24.4. The van der Waals surface area contributed by atoms with Gasteiger partial charge in [-0.15, -0.1) is 11.8 Å². The molecular formula is C28H31FN2O3S. The number of aldehydes is 2. The van der Waals surface area contributed by atoms with Crippen molar-refractivity contribution in [3.8, 4) is 0 Å². The van der Waals surface area contributed by atoms with Gasteiger partial charge in [-0.2, -0.15) is 0 Å². The van der Waals surface area contributed by atoms with Gasteiger partial charge in [0.1, 0.15) is 18.4 Å².